The van der Waals surface area contributed by atoms with Crippen molar-refractivity contribution >= 4 is 11.9 Å². The van der Waals surface area contributed by atoms with E-state index in [1.807, 2.05) is 0 Å². The average molecular weight is 301 g/mol. The van der Waals surface area contributed by atoms with E-state index < -0.39 is 40.8 Å². The number of carbonyl (C=O) groups excluding carboxylic acids is 2. The summed E-state index contributed by atoms with van der Waals surface area (Å²) in [5.74, 6) is -6.24. The topological polar surface area (TPSA) is 46.6 Å². The highest BCUT2D eigenvalue weighted by atomic mass is 19.2. The van der Waals surface area contributed by atoms with Gasteiger partial charge in [0.1, 0.15) is 0 Å². The van der Waals surface area contributed by atoms with Crippen LogP contribution in [0.15, 0.2) is 12.1 Å². The van der Waals surface area contributed by atoms with Gasteiger partial charge in [0.25, 0.3) is 5.91 Å². The van der Waals surface area contributed by atoms with Gasteiger partial charge in [-0.25, -0.2) is 13.2 Å². The summed E-state index contributed by atoms with van der Waals surface area (Å²) in [5, 5.41) is 0. The molecule has 1 atom stereocenters. The zero-order chi connectivity index (χ0) is 15.6. The van der Waals surface area contributed by atoms with Gasteiger partial charge in [-0.1, -0.05) is 0 Å². The van der Waals surface area contributed by atoms with E-state index in [4.69, 9.17) is 0 Å². The molecular weight excluding hydrogens is 287 g/mol. The highest BCUT2D eigenvalue weighted by Gasteiger charge is 2.31. The number of halogens is 3. The first-order chi connectivity index (χ1) is 9.95. The lowest BCUT2D eigenvalue weighted by molar-refractivity contribution is -0.146. The molecule has 0 saturated carbocycles. The highest BCUT2D eigenvalue weighted by molar-refractivity contribution is 5.95. The van der Waals surface area contributed by atoms with E-state index in [1.54, 1.807) is 0 Å². The van der Waals surface area contributed by atoms with Crippen LogP contribution in [0.1, 0.15) is 23.2 Å². The number of piperidine rings is 1. The molecule has 1 saturated heterocycles. The van der Waals surface area contributed by atoms with Crippen LogP contribution >= 0.6 is 0 Å². The molecule has 1 fully saturated rings. The van der Waals surface area contributed by atoms with Crippen LogP contribution in [0.2, 0.25) is 0 Å². The van der Waals surface area contributed by atoms with Crippen molar-refractivity contribution in [2.24, 2.45) is 5.92 Å². The number of likely N-dealkylation sites (tertiary alicyclic amines) is 1. The summed E-state index contributed by atoms with van der Waals surface area (Å²) in [4.78, 5) is 24.9. The van der Waals surface area contributed by atoms with E-state index in [1.165, 1.54) is 12.0 Å². The summed E-state index contributed by atoms with van der Waals surface area (Å²) in [6, 6.07) is 1.60. The predicted octanol–water partition coefficient (Wildman–Crippen LogP) is 2.13. The molecule has 4 nitrogen and oxygen atoms in total. The van der Waals surface area contributed by atoms with Crippen LogP contribution < -0.4 is 0 Å². The maximum Gasteiger partial charge on any atom is 0.310 e. The van der Waals surface area contributed by atoms with E-state index in [0.29, 0.717) is 25.5 Å². The number of ether oxygens (including phenoxy) is 1. The van der Waals surface area contributed by atoms with Gasteiger partial charge in [0, 0.05) is 13.1 Å². The number of benzene rings is 1. The number of hydrogen-bond donors (Lipinski definition) is 0. The number of nitrogens with zero attached hydrogens (tertiary/aromatic N) is 1. The summed E-state index contributed by atoms with van der Waals surface area (Å²) in [5.41, 5.74) is -0.542. The minimum atomic E-state index is -1.68. The summed E-state index contributed by atoms with van der Waals surface area (Å²) in [7, 11) is 1.25. The Balaban J connectivity index is 2.20. The Kier molecular flexibility index (Phi) is 4.50. The molecular formula is C14H14F3NO3. The lowest BCUT2D eigenvalue weighted by Crippen LogP contribution is -2.43. The van der Waals surface area contributed by atoms with E-state index in [0.717, 1.165) is 6.07 Å². The minimum Gasteiger partial charge on any atom is -0.469 e. The van der Waals surface area contributed by atoms with Gasteiger partial charge in [-0.3, -0.25) is 9.59 Å². The maximum atomic E-state index is 13.6. The first kappa shape index (κ1) is 15.3. The van der Waals surface area contributed by atoms with E-state index in [2.05, 4.69) is 4.74 Å². The first-order valence-electron chi connectivity index (χ1n) is 6.46. The van der Waals surface area contributed by atoms with Crippen LogP contribution in [0.25, 0.3) is 0 Å². The van der Waals surface area contributed by atoms with Gasteiger partial charge in [0.05, 0.1) is 18.6 Å². The largest absolute Gasteiger partial charge is 0.469 e. The number of methoxy groups -OCH3 is 1. The van der Waals surface area contributed by atoms with Crippen LogP contribution in [0.4, 0.5) is 13.2 Å². The van der Waals surface area contributed by atoms with Crippen LogP contribution in [0.5, 0.6) is 0 Å². The molecule has 0 aromatic heterocycles. The van der Waals surface area contributed by atoms with Crippen LogP contribution in [-0.2, 0) is 9.53 Å². The molecule has 1 heterocycles. The molecule has 0 N–H and O–H groups in total. The zero-order valence-corrected chi connectivity index (χ0v) is 11.4. The zero-order valence-electron chi connectivity index (χ0n) is 11.4. The summed E-state index contributed by atoms with van der Waals surface area (Å²) in [6.45, 7) is 0.398. The summed E-state index contributed by atoms with van der Waals surface area (Å²) in [6.07, 6.45) is 1.12. The van der Waals surface area contributed by atoms with Crippen molar-refractivity contribution in [2.75, 3.05) is 20.2 Å². The van der Waals surface area contributed by atoms with Gasteiger partial charge >= 0.3 is 5.97 Å². The van der Waals surface area contributed by atoms with Crippen molar-refractivity contribution in [3.63, 3.8) is 0 Å². The molecule has 21 heavy (non-hydrogen) atoms. The number of amides is 1. The van der Waals surface area contributed by atoms with Gasteiger partial charge in [-0.05, 0) is 25.0 Å². The highest BCUT2D eigenvalue weighted by Crippen LogP contribution is 2.22. The van der Waals surface area contributed by atoms with Crippen molar-refractivity contribution in [1.29, 1.82) is 0 Å². The van der Waals surface area contributed by atoms with Crippen LogP contribution in [0, 0.1) is 23.4 Å². The lowest BCUT2D eigenvalue weighted by atomic mass is 9.97. The van der Waals surface area contributed by atoms with Gasteiger partial charge in [-0.2, -0.15) is 0 Å². The summed E-state index contributed by atoms with van der Waals surface area (Å²) < 4.78 is 44.3. The number of esters is 1. The molecule has 0 spiro atoms. The third kappa shape index (κ3) is 3.01. The Bertz CT molecular complexity index is 577. The molecule has 1 aliphatic rings. The van der Waals surface area contributed by atoms with E-state index in [9.17, 15) is 22.8 Å². The third-order valence-electron chi connectivity index (χ3n) is 3.51. The Morgan fingerprint density at radius 3 is 2.62 bits per heavy atom. The number of rotatable bonds is 2. The Morgan fingerprint density at radius 1 is 1.24 bits per heavy atom. The van der Waals surface area contributed by atoms with Gasteiger partial charge in [0.2, 0.25) is 0 Å². The molecule has 1 aliphatic heterocycles. The second-order valence-corrected chi connectivity index (χ2v) is 4.84. The number of hydrogen-bond acceptors (Lipinski definition) is 3. The predicted molar refractivity (Wildman–Crippen MR) is 67.0 cm³/mol. The monoisotopic (exact) mass is 301 g/mol. The fraction of sp³-hybridized carbons (Fsp3) is 0.429. The quantitative estimate of drug-likeness (QED) is 0.621. The first-order valence-corrected chi connectivity index (χ1v) is 6.46. The molecule has 2 rings (SSSR count). The fourth-order valence-electron chi connectivity index (χ4n) is 2.38. The molecule has 1 unspecified atom stereocenters. The molecule has 1 amide bonds. The Hall–Kier alpha value is -2.05. The summed E-state index contributed by atoms with van der Waals surface area (Å²) >= 11 is 0. The third-order valence-corrected chi connectivity index (χ3v) is 3.51. The van der Waals surface area contributed by atoms with Gasteiger partial charge < -0.3 is 9.64 Å². The van der Waals surface area contributed by atoms with E-state index >= 15 is 0 Å². The van der Waals surface area contributed by atoms with Crippen molar-refractivity contribution in [1.82, 2.24) is 4.90 Å². The Morgan fingerprint density at radius 2 is 1.95 bits per heavy atom. The van der Waals surface area contributed by atoms with Crippen molar-refractivity contribution < 1.29 is 27.5 Å². The number of carbonyl (C=O) groups is 2. The molecule has 1 aromatic rings. The van der Waals surface area contributed by atoms with Gasteiger partial charge in [-0.15, -0.1) is 0 Å². The molecule has 1 aromatic carbocycles. The second-order valence-electron chi connectivity index (χ2n) is 4.84. The van der Waals surface area contributed by atoms with Gasteiger partial charge in [0.15, 0.2) is 17.5 Å². The van der Waals surface area contributed by atoms with Crippen molar-refractivity contribution in [3.05, 3.63) is 35.1 Å². The molecule has 114 valence electrons. The van der Waals surface area contributed by atoms with Crippen molar-refractivity contribution in [2.45, 2.75) is 12.8 Å². The molecule has 0 aliphatic carbocycles. The smallest absolute Gasteiger partial charge is 0.310 e. The normalized spacial score (nSPS) is 18.5. The molecule has 0 radical (unpaired) electrons. The Labute approximate surface area is 119 Å². The SMILES string of the molecule is COC(=O)C1CCCN(C(=O)c2ccc(F)c(F)c2F)C1. The standard InChI is InChI=1S/C14H14F3NO3/c1-21-14(20)8-3-2-6-18(7-8)13(19)9-4-5-10(15)12(17)11(9)16/h4-5,8H,2-3,6-7H2,1H3. The maximum absolute atomic E-state index is 13.6. The lowest BCUT2D eigenvalue weighted by Gasteiger charge is -2.31. The second kappa shape index (κ2) is 6.15. The molecule has 0 bridgehead atoms. The van der Waals surface area contributed by atoms with Crippen molar-refractivity contribution in [3.8, 4) is 0 Å². The fourth-order valence-corrected chi connectivity index (χ4v) is 2.38. The van der Waals surface area contributed by atoms with Crippen LogP contribution in [-0.4, -0.2) is 37.0 Å². The van der Waals surface area contributed by atoms with E-state index in [-0.39, 0.29) is 6.54 Å². The molecule has 7 heteroatoms. The average Bonchev–Trinajstić information content (AvgIpc) is 2.51. The minimum absolute atomic E-state index is 0.0734. The van der Waals surface area contributed by atoms with Crippen LogP contribution in [0.3, 0.4) is 0 Å².